The van der Waals surface area contributed by atoms with Crippen LogP contribution in [0.15, 0.2) is 23.2 Å². The first-order chi connectivity index (χ1) is 9.52. The highest BCUT2D eigenvalue weighted by Gasteiger charge is 2.20. The monoisotopic (exact) mass is 328 g/mol. The van der Waals surface area contributed by atoms with Crippen molar-refractivity contribution < 1.29 is 9.90 Å². The first-order valence-electron chi connectivity index (χ1n) is 5.77. The Labute approximate surface area is 131 Å². The minimum absolute atomic E-state index is 0.331. The first kappa shape index (κ1) is 15.0. The summed E-state index contributed by atoms with van der Waals surface area (Å²) in [5.41, 5.74) is 2.21. The van der Waals surface area contributed by atoms with Crippen LogP contribution in [0.5, 0.6) is 0 Å². The van der Waals surface area contributed by atoms with Crippen molar-refractivity contribution in [3.8, 4) is 0 Å². The fourth-order valence-electron chi connectivity index (χ4n) is 2.05. The van der Waals surface area contributed by atoms with Crippen molar-refractivity contribution >= 4 is 57.9 Å². The molecule has 0 radical (unpaired) electrons. The predicted molar refractivity (Wildman–Crippen MR) is 83.3 cm³/mol. The molecule has 0 fully saturated rings. The normalized spacial score (nSPS) is 14.5. The number of hydrogen-bond acceptors (Lipinski definition) is 3. The standard InChI is InChI=1S/C13H10Cl2N2O2S/c14-10-5-9(16-7-20)6-11(15)12(10)8-1-3-17(4-2-8)13(18)19/h1,5-6H,2-4H2,(H,18,19). The zero-order chi connectivity index (χ0) is 14.7. The van der Waals surface area contributed by atoms with Crippen molar-refractivity contribution in [3.63, 3.8) is 0 Å². The van der Waals surface area contributed by atoms with Crippen LogP contribution in [-0.4, -0.2) is 34.4 Å². The van der Waals surface area contributed by atoms with Gasteiger partial charge in [-0.05, 0) is 36.3 Å². The van der Waals surface area contributed by atoms with E-state index in [9.17, 15) is 4.79 Å². The van der Waals surface area contributed by atoms with Crippen LogP contribution < -0.4 is 0 Å². The van der Waals surface area contributed by atoms with Crippen LogP contribution in [0.3, 0.4) is 0 Å². The van der Waals surface area contributed by atoms with Crippen LogP contribution in [0.2, 0.25) is 10.0 Å². The van der Waals surface area contributed by atoms with Gasteiger partial charge in [-0.15, -0.1) is 0 Å². The molecule has 0 unspecified atom stereocenters. The van der Waals surface area contributed by atoms with E-state index in [0.717, 1.165) is 11.1 Å². The summed E-state index contributed by atoms with van der Waals surface area (Å²) < 4.78 is 0. The summed E-state index contributed by atoms with van der Waals surface area (Å²) in [5.74, 6) is 0. The van der Waals surface area contributed by atoms with Gasteiger partial charge in [0.15, 0.2) is 0 Å². The molecule has 1 heterocycles. The van der Waals surface area contributed by atoms with Crippen molar-refractivity contribution in [2.45, 2.75) is 6.42 Å². The molecule has 0 spiro atoms. The topological polar surface area (TPSA) is 52.9 Å². The van der Waals surface area contributed by atoms with E-state index in [0.29, 0.717) is 35.2 Å². The number of carbonyl (C=O) groups is 1. The molecular weight excluding hydrogens is 319 g/mol. The second kappa shape index (κ2) is 6.37. The van der Waals surface area contributed by atoms with Gasteiger partial charge in [-0.25, -0.2) is 4.79 Å². The van der Waals surface area contributed by atoms with Gasteiger partial charge >= 0.3 is 6.09 Å². The summed E-state index contributed by atoms with van der Waals surface area (Å²) in [6.45, 7) is 0.755. The highest BCUT2D eigenvalue weighted by Crippen LogP contribution is 2.37. The third-order valence-electron chi connectivity index (χ3n) is 3.00. The van der Waals surface area contributed by atoms with Crippen molar-refractivity contribution in [2.75, 3.05) is 13.1 Å². The van der Waals surface area contributed by atoms with E-state index in [4.69, 9.17) is 28.3 Å². The summed E-state index contributed by atoms with van der Waals surface area (Å²) in [6, 6.07) is 3.32. The lowest BCUT2D eigenvalue weighted by Crippen LogP contribution is -2.33. The molecule has 104 valence electrons. The largest absolute Gasteiger partial charge is 0.465 e. The van der Waals surface area contributed by atoms with Crippen molar-refractivity contribution in [2.24, 2.45) is 4.99 Å². The lowest BCUT2D eigenvalue weighted by Gasteiger charge is -2.24. The lowest BCUT2D eigenvalue weighted by atomic mass is 9.99. The molecular formula is C13H10Cl2N2O2S. The van der Waals surface area contributed by atoms with E-state index in [1.165, 1.54) is 4.90 Å². The van der Waals surface area contributed by atoms with E-state index >= 15 is 0 Å². The Kier molecular flexibility index (Phi) is 4.78. The Morgan fingerprint density at radius 1 is 1.40 bits per heavy atom. The Hall–Kier alpha value is -1.39. The summed E-state index contributed by atoms with van der Waals surface area (Å²) >= 11 is 17.0. The van der Waals surface area contributed by atoms with Crippen LogP contribution in [-0.2, 0) is 0 Å². The molecule has 0 atom stereocenters. The second-order valence-electron chi connectivity index (χ2n) is 4.20. The molecule has 0 aromatic heterocycles. The molecule has 1 N–H and O–H groups in total. The number of nitrogens with zero attached hydrogens (tertiary/aromatic N) is 2. The van der Waals surface area contributed by atoms with Crippen molar-refractivity contribution in [1.82, 2.24) is 4.90 Å². The van der Waals surface area contributed by atoms with Gasteiger partial charge in [0.1, 0.15) is 0 Å². The van der Waals surface area contributed by atoms with Crippen molar-refractivity contribution in [3.05, 3.63) is 33.8 Å². The third kappa shape index (κ3) is 3.19. The summed E-state index contributed by atoms with van der Waals surface area (Å²) in [6.07, 6.45) is 1.47. The predicted octanol–water partition coefficient (Wildman–Crippen LogP) is 4.49. The van der Waals surface area contributed by atoms with Gasteiger partial charge in [-0.2, -0.15) is 4.99 Å². The van der Waals surface area contributed by atoms with Gasteiger partial charge in [-0.1, -0.05) is 29.3 Å². The number of benzene rings is 1. The highest BCUT2D eigenvalue weighted by molar-refractivity contribution is 7.78. The number of aliphatic imine (C=N–C) groups is 1. The SMILES string of the molecule is O=C(O)N1CC=C(c2c(Cl)cc(N=C=S)cc2Cl)CC1. The zero-order valence-corrected chi connectivity index (χ0v) is 12.6. The molecule has 7 heteroatoms. The van der Waals surface area contributed by atoms with Crippen LogP contribution in [0.25, 0.3) is 5.57 Å². The van der Waals surface area contributed by atoms with Gasteiger partial charge in [0.25, 0.3) is 0 Å². The van der Waals surface area contributed by atoms with E-state index < -0.39 is 6.09 Å². The maximum absolute atomic E-state index is 10.9. The van der Waals surface area contributed by atoms with Gasteiger partial charge in [0.05, 0.1) is 20.9 Å². The van der Waals surface area contributed by atoms with E-state index in [1.54, 1.807) is 12.1 Å². The lowest BCUT2D eigenvalue weighted by molar-refractivity contribution is 0.150. The quantitative estimate of drug-likeness (QED) is 0.642. The fourth-order valence-corrected chi connectivity index (χ4v) is 2.88. The number of amides is 1. The molecule has 4 nitrogen and oxygen atoms in total. The maximum Gasteiger partial charge on any atom is 0.407 e. The third-order valence-corrected chi connectivity index (χ3v) is 3.69. The Bertz CT molecular complexity index is 616. The van der Waals surface area contributed by atoms with Crippen LogP contribution in [0.4, 0.5) is 10.5 Å². The molecule has 20 heavy (non-hydrogen) atoms. The molecule has 0 bridgehead atoms. The number of isothiocyanates is 1. The first-order valence-corrected chi connectivity index (χ1v) is 6.93. The molecule has 1 aromatic carbocycles. The zero-order valence-electron chi connectivity index (χ0n) is 10.3. The second-order valence-corrected chi connectivity index (χ2v) is 5.19. The van der Waals surface area contributed by atoms with Gasteiger partial charge in [0.2, 0.25) is 0 Å². The fraction of sp³-hybridized carbons (Fsp3) is 0.231. The summed E-state index contributed by atoms with van der Waals surface area (Å²) in [4.78, 5) is 16.0. The number of halogens is 2. The van der Waals surface area contributed by atoms with E-state index in [1.807, 2.05) is 6.08 Å². The van der Waals surface area contributed by atoms with Gasteiger partial charge in [0, 0.05) is 18.7 Å². The Morgan fingerprint density at radius 3 is 2.50 bits per heavy atom. The molecule has 0 aliphatic carbocycles. The Balaban J connectivity index is 2.35. The van der Waals surface area contributed by atoms with Crippen molar-refractivity contribution in [1.29, 1.82) is 0 Å². The molecule has 0 saturated carbocycles. The number of carboxylic acid groups (broad SMARTS) is 1. The number of hydrogen-bond donors (Lipinski definition) is 1. The average molecular weight is 329 g/mol. The van der Waals surface area contributed by atoms with Crippen LogP contribution >= 0.6 is 35.4 Å². The Morgan fingerprint density at radius 2 is 2.05 bits per heavy atom. The van der Waals surface area contributed by atoms with E-state index in [2.05, 4.69) is 22.4 Å². The number of thiocarbonyl (C=S) groups is 1. The summed E-state index contributed by atoms with van der Waals surface area (Å²) in [7, 11) is 0. The summed E-state index contributed by atoms with van der Waals surface area (Å²) in [5, 5.41) is 12.1. The molecule has 0 saturated heterocycles. The van der Waals surface area contributed by atoms with E-state index in [-0.39, 0.29) is 0 Å². The smallest absolute Gasteiger partial charge is 0.407 e. The number of rotatable bonds is 2. The molecule has 1 aliphatic heterocycles. The molecule has 1 aliphatic rings. The highest BCUT2D eigenvalue weighted by atomic mass is 35.5. The molecule has 1 amide bonds. The minimum atomic E-state index is -0.928. The van der Waals surface area contributed by atoms with Crippen LogP contribution in [0.1, 0.15) is 12.0 Å². The minimum Gasteiger partial charge on any atom is -0.465 e. The van der Waals surface area contributed by atoms with Gasteiger partial charge < -0.3 is 10.0 Å². The average Bonchev–Trinajstić information content (AvgIpc) is 2.39. The maximum atomic E-state index is 10.9. The van der Waals surface area contributed by atoms with Gasteiger partial charge in [-0.3, -0.25) is 0 Å². The molecule has 2 rings (SSSR count). The molecule has 1 aromatic rings. The van der Waals surface area contributed by atoms with Crippen LogP contribution in [0, 0.1) is 0 Å².